The molecule has 1 atom stereocenters. The Kier molecular flexibility index (Phi) is 3.01. The molecule has 1 aromatic heterocycles. The molecule has 1 aromatic rings. The quantitative estimate of drug-likeness (QED) is 0.770. The number of hydrogen-bond acceptors (Lipinski definition) is 4. The molecule has 0 aliphatic rings. The van der Waals surface area contributed by atoms with Gasteiger partial charge in [0.05, 0.1) is 5.92 Å². The lowest BCUT2D eigenvalue weighted by molar-refractivity contribution is -0.138. The van der Waals surface area contributed by atoms with E-state index >= 15 is 0 Å². The summed E-state index contributed by atoms with van der Waals surface area (Å²) < 4.78 is 0. The number of aromatic nitrogens is 2. The van der Waals surface area contributed by atoms with Crippen LogP contribution in [-0.4, -0.2) is 35.1 Å². The van der Waals surface area contributed by atoms with Gasteiger partial charge >= 0.3 is 5.97 Å². The summed E-state index contributed by atoms with van der Waals surface area (Å²) in [7, 11) is 3.66. The third-order valence-electron chi connectivity index (χ3n) is 1.93. The molecule has 1 rings (SSSR count). The molecule has 0 amide bonds. The summed E-state index contributed by atoms with van der Waals surface area (Å²) in [4.78, 5) is 20.5. The van der Waals surface area contributed by atoms with Crippen molar-refractivity contribution in [3.05, 3.63) is 18.0 Å². The Morgan fingerprint density at radius 2 is 1.93 bits per heavy atom. The SMILES string of the molecule is CC(C(=O)O)c1cnc(N(C)C)nc1. The average molecular weight is 195 g/mol. The second kappa shape index (κ2) is 4.04. The first-order chi connectivity index (χ1) is 6.52. The normalized spacial score (nSPS) is 12.2. The van der Waals surface area contributed by atoms with Crippen LogP contribution >= 0.6 is 0 Å². The topological polar surface area (TPSA) is 66.3 Å². The van der Waals surface area contributed by atoms with Gasteiger partial charge in [-0.05, 0) is 6.92 Å². The van der Waals surface area contributed by atoms with Crippen molar-refractivity contribution in [1.82, 2.24) is 9.97 Å². The zero-order valence-corrected chi connectivity index (χ0v) is 8.43. The largest absolute Gasteiger partial charge is 0.481 e. The van der Waals surface area contributed by atoms with Gasteiger partial charge in [0.2, 0.25) is 5.95 Å². The lowest BCUT2D eigenvalue weighted by atomic mass is 10.1. The molecule has 0 aromatic carbocycles. The third kappa shape index (κ3) is 2.18. The highest BCUT2D eigenvalue weighted by molar-refractivity contribution is 5.75. The predicted octanol–water partition coefficient (Wildman–Crippen LogP) is 0.731. The van der Waals surface area contributed by atoms with E-state index in [4.69, 9.17) is 5.11 Å². The van der Waals surface area contributed by atoms with Crippen LogP contribution in [-0.2, 0) is 4.79 Å². The minimum absolute atomic E-state index is 0.564. The van der Waals surface area contributed by atoms with Crippen molar-refractivity contribution in [1.29, 1.82) is 0 Å². The molecule has 14 heavy (non-hydrogen) atoms. The van der Waals surface area contributed by atoms with Crippen LogP contribution in [0.3, 0.4) is 0 Å². The molecule has 0 saturated carbocycles. The average Bonchev–Trinajstić information content (AvgIpc) is 2.16. The summed E-state index contributed by atoms with van der Waals surface area (Å²) in [5.41, 5.74) is 0.614. The van der Waals surface area contributed by atoms with Crippen molar-refractivity contribution < 1.29 is 9.90 Å². The first kappa shape index (κ1) is 10.4. The molecule has 76 valence electrons. The highest BCUT2D eigenvalue weighted by Gasteiger charge is 2.14. The van der Waals surface area contributed by atoms with E-state index in [1.54, 1.807) is 24.2 Å². The highest BCUT2D eigenvalue weighted by Crippen LogP contribution is 2.14. The van der Waals surface area contributed by atoms with E-state index in [2.05, 4.69) is 9.97 Å². The summed E-state index contributed by atoms with van der Waals surface area (Å²) in [6, 6.07) is 0. The van der Waals surface area contributed by atoms with E-state index in [0.29, 0.717) is 11.5 Å². The minimum atomic E-state index is -0.869. The molecule has 0 spiro atoms. The molecule has 0 radical (unpaired) electrons. The van der Waals surface area contributed by atoms with Crippen LogP contribution in [0.5, 0.6) is 0 Å². The molecular formula is C9H13N3O2. The molecule has 5 heteroatoms. The van der Waals surface area contributed by atoms with Crippen molar-refractivity contribution in [3.8, 4) is 0 Å². The van der Waals surface area contributed by atoms with Crippen LogP contribution < -0.4 is 4.90 Å². The number of carbonyl (C=O) groups is 1. The van der Waals surface area contributed by atoms with Crippen LogP contribution in [0.4, 0.5) is 5.95 Å². The summed E-state index contributed by atoms with van der Waals surface area (Å²) in [6.45, 7) is 1.61. The second-order valence-electron chi connectivity index (χ2n) is 3.27. The van der Waals surface area contributed by atoms with Crippen molar-refractivity contribution in [3.63, 3.8) is 0 Å². The fraction of sp³-hybridized carbons (Fsp3) is 0.444. The van der Waals surface area contributed by atoms with E-state index in [-0.39, 0.29) is 0 Å². The zero-order valence-electron chi connectivity index (χ0n) is 8.43. The van der Waals surface area contributed by atoms with E-state index in [0.717, 1.165) is 0 Å². The van der Waals surface area contributed by atoms with Gasteiger partial charge in [-0.15, -0.1) is 0 Å². The predicted molar refractivity (Wildman–Crippen MR) is 52.4 cm³/mol. The van der Waals surface area contributed by atoms with Gasteiger partial charge in [-0.25, -0.2) is 9.97 Å². The maximum absolute atomic E-state index is 10.7. The lowest BCUT2D eigenvalue weighted by Gasteiger charge is -2.10. The van der Waals surface area contributed by atoms with Crippen LogP contribution in [0.15, 0.2) is 12.4 Å². The third-order valence-corrected chi connectivity index (χ3v) is 1.93. The molecule has 0 aliphatic heterocycles. The molecule has 5 nitrogen and oxygen atoms in total. The maximum Gasteiger partial charge on any atom is 0.310 e. The maximum atomic E-state index is 10.7. The van der Waals surface area contributed by atoms with Gasteiger partial charge < -0.3 is 10.0 Å². The highest BCUT2D eigenvalue weighted by atomic mass is 16.4. The monoisotopic (exact) mass is 195 g/mol. The summed E-state index contributed by atoms with van der Waals surface area (Å²) in [6.07, 6.45) is 3.09. The number of aliphatic carboxylic acids is 1. The molecule has 0 bridgehead atoms. The van der Waals surface area contributed by atoms with E-state index in [9.17, 15) is 4.79 Å². The van der Waals surface area contributed by atoms with E-state index in [1.807, 2.05) is 14.1 Å². The number of hydrogen-bond donors (Lipinski definition) is 1. The first-order valence-electron chi connectivity index (χ1n) is 4.24. The molecule has 0 saturated heterocycles. The van der Waals surface area contributed by atoms with Gasteiger partial charge in [-0.3, -0.25) is 4.79 Å². The van der Waals surface area contributed by atoms with Gasteiger partial charge in [0.15, 0.2) is 0 Å². The minimum Gasteiger partial charge on any atom is -0.481 e. The van der Waals surface area contributed by atoms with Gasteiger partial charge in [0.25, 0.3) is 0 Å². The molecule has 0 aliphatic carbocycles. The van der Waals surface area contributed by atoms with Gasteiger partial charge in [-0.2, -0.15) is 0 Å². The molecule has 0 fully saturated rings. The number of rotatable bonds is 3. The number of carboxylic acids is 1. The summed E-state index contributed by atoms with van der Waals surface area (Å²) in [5, 5.41) is 8.75. The van der Waals surface area contributed by atoms with Gasteiger partial charge in [-0.1, -0.05) is 0 Å². The number of nitrogens with zero attached hydrogens (tertiary/aromatic N) is 3. The molecule has 1 unspecified atom stereocenters. The Morgan fingerprint density at radius 1 is 1.43 bits per heavy atom. The zero-order chi connectivity index (χ0) is 10.7. The second-order valence-corrected chi connectivity index (χ2v) is 3.27. The number of anilines is 1. The summed E-state index contributed by atoms with van der Waals surface area (Å²) >= 11 is 0. The fourth-order valence-corrected chi connectivity index (χ4v) is 0.928. The van der Waals surface area contributed by atoms with Crippen LogP contribution in [0.2, 0.25) is 0 Å². The van der Waals surface area contributed by atoms with E-state index < -0.39 is 11.9 Å². The summed E-state index contributed by atoms with van der Waals surface area (Å²) in [5.74, 6) is -0.858. The smallest absolute Gasteiger partial charge is 0.310 e. The standard InChI is InChI=1S/C9H13N3O2/c1-6(8(13)14)7-4-10-9(11-5-7)12(2)3/h4-6H,1-3H3,(H,13,14). The molecular weight excluding hydrogens is 182 g/mol. The van der Waals surface area contributed by atoms with Gasteiger partial charge in [0, 0.05) is 32.1 Å². The van der Waals surface area contributed by atoms with Gasteiger partial charge in [0.1, 0.15) is 0 Å². The fourth-order valence-electron chi connectivity index (χ4n) is 0.928. The Bertz CT molecular complexity index is 321. The Hall–Kier alpha value is -1.65. The Morgan fingerprint density at radius 3 is 2.29 bits per heavy atom. The number of carboxylic acid groups (broad SMARTS) is 1. The van der Waals surface area contributed by atoms with Crippen LogP contribution in [0.1, 0.15) is 18.4 Å². The van der Waals surface area contributed by atoms with Crippen molar-refractivity contribution >= 4 is 11.9 Å². The van der Waals surface area contributed by atoms with Crippen LogP contribution in [0, 0.1) is 0 Å². The van der Waals surface area contributed by atoms with E-state index in [1.165, 1.54) is 0 Å². The van der Waals surface area contributed by atoms with Crippen molar-refractivity contribution in [2.75, 3.05) is 19.0 Å². The molecule has 1 heterocycles. The lowest BCUT2D eigenvalue weighted by Crippen LogP contribution is -2.14. The van der Waals surface area contributed by atoms with Crippen LogP contribution in [0.25, 0.3) is 0 Å². The Balaban J connectivity index is 2.88. The Labute approximate surface area is 82.4 Å². The first-order valence-corrected chi connectivity index (χ1v) is 4.24. The van der Waals surface area contributed by atoms with Crippen molar-refractivity contribution in [2.45, 2.75) is 12.8 Å². The molecule has 1 N–H and O–H groups in total. The van der Waals surface area contributed by atoms with Crippen molar-refractivity contribution in [2.24, 2.45) is 0 Å².